The Bertz CT molecular complexity index is 1060. The average molecular weight is 450 g/mol. The van der Waals surface area contributed by atoms with Crippen molar-refractivity contribution in [3.8, 4) is 0 Å². The van der Waals surface area contributed by atoms with Crippen molar-refractivity contribution in [2.45, 2.75) is 38.9 Å². The van der Waals surface area contributed by atoms with E-state index in [1.807, 2.05) is 31.2 Å². The van der Waals surface area contributed by atoms with E-state index in [0.717, 1.165) is 17.6 Å². The molecule has 0 aliphatic carbocycles. The number of allylic oxidation sites excluding steroid dienone is 2. The quantitative estimate of drug-likeness (QED) is 0.406. The second-order valence-electron chi connectivity index (χ2n) is 8.22. The van der Waals surface area contributed by atoms with E-state index in [0.29, 0.717) is 17.0 Å². The minimum absolute atomic E-state index is 0.0669. The van der Waals surface area contributed by atoms with Gasteiger partial charge in [0.05, 0.1) is 11.4 Å². The first-order valence-corrected chi connectivity index (χ1v) is 11.0. The maximum Gasteiger partial charge on any atom is 0.249 e. The molecule has 2 aromatic rings. The predicted octanol–water partition coefficient (Wildman–Crippen LogP) is 2.90. The van der Waals surface area contributed by atoms with E-state index in [1.165, 1.54) is 17.7 Å². The number of rotatable bonds is 9. The van der Waals surface area contributed by atoms with Crippen molar-refractivity contribution in [3.05, 3.63) is 101 Å². The molecule has 1 aliphatic rings. The van der Waals surface area contributed by atoms with Gasteiger partial charge in [-0.05, 0) is 79.2 Å². The molecule has 7 heteroatoms. The summed E-state index contributed by atoms with van der Waals surface area (Å²) in [5, 5.41) is 12.3. The lowest BCUT2D eigenvalue weighted by Gasteiger charge is -2.28. The number of halogens is 1. The number of hydrogen-bond acceptors (Lipinski definition) is 5. The first-order chi connectivity index (χ1) is 15.9. The third-order valence-electron chi connectivity index (χ3n) is 5.41. The summed E-state index contributed by atoms with van der Waals surface area (Å²) in [5.41, 5.74) is 10.9. The van der Waals surface area contributed by atoms with E-state index in [1.54, 1.807) is 25.5 Å². The summed E-state index contributed by atoms with van der Waals surface area (Å²) >= 11 is 0. The van der Waals surface area contributed by atoms with Crippen molar-refractivity contribution < 1.29 is 9.18 Å². The number of benzene rings is 2. The van der Waals surface area contributed by atoms with Crippen LogP contribution in [0.1, 0.15) is 30.5 Å². The molecule has 2 atom stereocenters. The number of carbonyl (C=O) groups is 1. The molecule has 1 heterocycles. The minimum atomic E-state index is -0.660. The molecule has 6 N–H and O–H groups in total. The fourth-order valence-corrected chi connectivity index (χ4v) is 3.80. The van der Waals surface area contributed by atoms with E-state index >= 15 is 0 Å². The Morgan fingerprint density at radius 1 is 1.21 bits per heavy atom. The summed E-state index contributed by atoms with van der Waals surface area (Å²) in [5.74, 6) is -0.592. The molecule has 0 spiro atoms. The van der Waals surface area contributed by atoms with Gasteiger partial charge in [0.1, 0.15) is 11.9 Å². The van der Waals surface area contributed by atoms with Crippen molar-refractivity contribution >= 4 is 11.5 Å². The van der Waals surface area contributed by atoms with E-state index in [9.17, 15) is 9.18 Å². The monoisotopic (exact) mass is 449 g/mol. The van der Waals surface area contributed by atoms with Gasteiger partial charge in [0.25, 0.3) is 0 Å². The van der Waals surface area contributed by atoms with Gasteiger partial charge >= 0.3 is 0 Å². The topological polar surface area (TPSA) is 91.2 Å². The van der Waals surface area contributed by atoms with Gasteiger partial charge in [-0.1, -0.05) is 30.3 Å². The number of nitrogens with two attached hydrogens (primary N) is 1. The zero-order valence-corrected chi connectivity index (χ0v) is 19.3. The molecule has 0 radical (unpaired) electrons. The van der Waals surface area contributed by atoms with E-state index in [-0.39, 0.29) is 24.3 Å². The zero-order valence-electron chi connectivity index (χ0n) is 19.3. The number of dihydropyridines is 1. The van der Waals surface area contributed by atoms with Crippen LogP contribution in [-0.4, -0.2) is 25.0 Å². The summed E-state index contributed by atoms with van der Waals surface area (Å²) < 4.78 is 14.1. The summed E-state index contributed by atoms with van der Waals surface area (Å²) in [6.07, 6.45) is 5.99. The molecule has 174 valence electrons. The van der Waals surface area contributed by atoms with Crippen LogP contribution in [0, 0.1) is 5.82 Å². The number of carbonyl (C=O) groups excluding carboxylic acids is 1. The Balaban J connectivity index is 1.67. The van der Waals surface area contributed by atoms with Crippen LogP contribution in [-0.2, 0) is 17.8 Å². The fraction of sp³-hybridized carbons (Fsp3) is 0.269. The number of nitrogens with one attached hydrogen (secondary N) is 4. The number of amides is 1. The maximum absolute atomic E-state index is 14.1. The van der Waals surface area contributed by atoms with Gasteiger partial charge in [0.15, 0.2) is 0 Å². The molecule has 0 fully saturated rings. The Hall–Kier alpha value is -3.74. The maximum atomic E-state index is 14.1. The Morgan fingerprint density at radius 3 is 2.70 bits per heavy atom. The molecule has 0 bridgehead atoms. The Morgan fingerprint density at radius 2 is 1.97 bits per heavy atom. The average Bonchev–Trinajstić information content (AvgIpc) is 2.79. The first kappa shape index (κ1) is 23.9. The third-order valence-corrected chi connectivity index (χ3v) is 5.41. The Kier molecular flexibility index (Phi) is 8.13. The van der Waals surface area contributed by atoms with E-state index < -0.39 is 6.04 Å². The molecule has 3 rings (SSSR count). The van der Waals surface area contributed by atoms with Crippen molar-refractivity contribution in [1.82, 2.24) is 21.3 Å². The largest absolute Gasteiger partial charge is 0.397 e. The van der Waals surface area contributed by atoms with Crippen molar-refractivity contribution in [3.63, 3.8) is 0 Å². The third kappa shape index (κ3) is 6.62. The smallest absolute Gasteiger partial charge is 0.249 e. The molecule has 1 amide bonds. The van der Waals surface area contributed by atoms with Gasteiger partial charge in [-0.15, -0.1) is 0 Å². The van der Waals surface area contributed by atoms with Crippen LogP contribution in [0.15, 0.2) is 78.4 Å². The van der Waals surface area contributed by atoms with Crippen molar-refractivity contribution in [1.29, 1.82) is 0 Å². The fourth-order valence-electron chi connectivity index (χ4n) is 3.80. The molecule has 33 heavy (non-hydrogen) atoms. The van der Waals surface area contributed by atoms with Crippen LogP contribution in [0.2, 0.25) is 0 Å². The zero-order chi connectivity index (χ0) is 23.8. The molecular weight excluding hydrogens is 417 g/mol. The van der Waals surface area contributed by atoms with Crippen LogP contribution in [0.25, 0.3) is 5.57 Å². The van der Waals surface area contributed by atoms with Gasteiger partial charge in [0, 0.05) is 19.6 Å². The highest BCUT2D eigenvalue weighted by atomic mass is 19.1. The molecule has 6 nitrogen and oxygen atoms in total. The molecule has 2 unspecified atom stereocenters. The van der Waals surface area contributed by atoms with Crippen LogP contribution in [0.4, 0.5) is 4.39 Å². The molecule has 0 aromatic heterocycles. The molecule has 2 aromatic carbocycles. The lowest BCUT2D eigenvalue weighted by Crippen LogP contribution is -2.50. The van der Waals surface area contributed by atoms with Crippen LogP contribution >= 0.6 is 0 Å². The lowest BCUT2D eigenvalue weighted by molar-refractivity contribution is -0.122. The van der Waals surface area contributed by atoms with Crippen molar-refractivity contribution in [2.75, 3.05) is 7.05 Å². The summed E-state index contributed by atoms with van der Waals surface area (Å²) in [6.45, 7) is 4.15. The number of hydrogen-bond donors (Lipinski definition) is 5. The molecule has 0 saturated heterocycles. The highest BCUT2D eigenvalue weighted by Crippen LogP contribution is 2.18. The van der Waals surface area contributed by atoms with E-state index in [2.05, 4.69) is 40.3 Å². The van der Waals surface area contributed by atoms with Gasteiger partial charge in [-0.2, -0.15) is 0 Å². The standard InChI is InChI=1S/C26H32FN5O/c1-17(15-29-3)21-12-20(13-22(27)14-21)16-31-26(33)25-24(23(28)9-10-30-25)32-18(2)11-19-7-5-4-6-8-19/h4-10,12-15,18,25,29-30,32H,11,16,28H2,1-3H3,(H,31,33)/b17-15+. The summed E-state index contributed by atoms with van der Waals surface area (Å²) in [7, 11) is 1.79. The molecule has 1 aliphatic heterocycles. The predicted molar refractivity (Wildman–Crippen MR) is 131 cm³/mol. The highest BCUT2D eigenvalue weighted by Gasteiger charge is 2.27. The first-order valence-electron chi connectivity index (χ1n) is 11.0. The van der Waals surface area contributed by atoms with E-state index in [4.69, 9.17) is 5.73 Å². The van der Waals surface area contributed by atoms with Gasteiger partial charge in [0.2, 0.25) is 5.91 Å². The summed E-state index contributed by atoms with van der Waals surface area (Å²) in [6, 6.07) is 14.3. The molecule has 0 saturated carbocycles. The normalized spacial score (nSPS) is 16.7. The lowest BCUT2D eigenvalue weighted by atomic mass is 10.0. The SMILES string of the molecule is CN/C=C(\C)c1cc(F)cc(CNC(=O)C2NC=CC(N)=C2NC(C)Cc2ccccc2)c1. The summed E-state index contributed by atoms with van der Waals surface area (Å²) in [4.78, 5) is 13.0. The minimum Gasteiger partial charge on any atom is -0.397 e. The highest BCUT2D eigenvalue weighted by molar-refractivity contribution is 5.85. The van der Waals surface area contributed by atoms with Crippen LogP contribution < -0.4 is 27.0 Å². The van der Waals surface area contributed by atoms with Crippen molar-refractivity contribution in [2.24, 2.45) is 5.73 Å². The van der Waals surface area contributed by atoms with Crippen LogP contribution in [0.3, 0.4) is 0 Å². The Labute approximate surface area is 194 Å². The van der Waals surface area contributed by atoms with Gasteiger partial charge in [-0.3, -0.25) is 4.79 Å². The second-order valence-corrected chi connectivity index (χ2v) is 8.22. The van der Waals surface area contributed by atoms with Gasteiger partial charge in [-0.25, -0.2) is 4.39 Å². The van der Waals surface area contributed by atoms with Gasteiger partial charge < -0.3 is 27.0 Å². The van der Waals surface area contributed by atoms with Crippen LogP contribution in [0.5, 0.6) is 0 Å². The molecular formula is C26H32FN5O. The second kappa shape index (κ2) is 11.2.